The second-order valence-electron chi connectivity index (χ2n) is 4.35. The SMILES string of the molecule is CS(=O)(=O)c1ccc(NC(=O)C2CNCCO2)cc1. The number of benzene rings is 1. The van der Waals surface area contributed by atoms with Gasteiger partial charge in [0.2, 0.25) is 0 Å². The van der Waals surface area contributed by atoms with Gasteiger partial charge in [0.1, 0.15) is 6.10 Å². The van der Waals surface area contributed by atoms with Crippen molar-refractivity contribution in [2.75, 3.05) is 31.3 Å². The lowest BCUT2D eigenvalue weighted by molar-refractivity contribution is -0.128. The number of ether oxygens (including phenoxy) is 1. The van der Waals surface area contributed by atoms with Crippen molar-refractivity contribution in [3.63, 3.8) is 0 Å². The number of anilines is 1. The van der Waals surface area contributed by atoms with Crippen LogP contribution in [0.25, 0.3) is 0 Å². The molecule has 1 aromatic carbocycles. The summed E-state index contributed by atoms with van der Waals surface area (Å²) in [5.74, 6) is -0.237. The number of hydrogen-bond acceptors (Lipinski definition) is 5. The molecule has 0 bridgehead atoms. The Morgan fingerprint density at radius 1 is 1.37 bits per heavy atom. The molecule has 1 amide bonds. The smallest absolute Gasteiger partial charge is 0.254 e. The van der Waals surface area contributed by atoms with Crippen molar-refractivity contribution >= 4 is 21.4 Å². The highest BCUT2D eigenvalue weighted by Crippen LogP contribution is 2.14. The second kappa shape index (κ2) is 5.68. The van der Waals surface area contributed by atoms with Crippen LogP contribution in [-0.2, 0) is 19.4 Å². The van der Waals surface area contributed by atoms with Crippen LogP contribution in [0.5, 0.6) is 0 Å². The number of sulfone groups is 1. The molecule has 1 aliphatic heterocycles. The predicted molar refractivity (Wildman–Crippen MR) is 70.8 cm³/mol. The van der Waals surface area contributed by atoms with E-state index in [1.807, 2.05) is 0 Å². The number of hydrogen-bond donors (Lipinski definition) is 2. The summed E-state index contributed by atoms with van der Waals surface area (Å²) in [4.78, 5) is 12.1. The topological polar surface area (TPSA) is 84.5 Å². The Morgan fingerprint density at radius 2 is 2.05 bits per heavy atom. The number of morpholine rings is 1. The lowest BCUT2D eigenvalue weighted by atomic mass is 10.2. The third-order valence-electron chi connectivity index (χ3n) is 2.77. The summed E-state index contributed by atoms with van der Waals surface area (Å²) in [6, 6.07) is 6.05. The standard InChI is InChI=1S/C12H16N2O4S/c1-19(16,17)10-4-2-9(3-5-10)14-12(15)11-8-13-6-7-18-11/h2-5,11,13H,6-8H2,1H3,(H,14,15). The van der Waals surface area contributed by atoms with E-state index in [9.17, 15) is 13.2 Å². The van der Waals surface area contributed by atoms with E-state index in [0.29, 0.717) is 18.8 Å². The first kappa shape index (κ1) is 14.0. The Kier molecular flexibility index (Phi) is 4.18. The van der Waals surface area contributed by atoms with Gasteiger partial charge in [-0.05, 0) is 24.3 Å². The third-order valence-corrected chi connectivity index (χ3v) is 3.90. The molecule has 104 valence electrons. The zero-order valence-corrected chi connectivity index (χ0v) is 11.4. The molecule has 0 spiro atoms. The van der Waals surface area contributed by atoms with Crippen molar-refractivity contribution < 1.29 is 17.9 Å². The lowest BCUT2D eigenvalue weighted by Gasteiger charge is -2.22. The van der Waals surface area contributed by atoms with Crippen LogP contribution in [0.4, 0.5) is 5.69 Å². The first-order valence-electron chi connectivity index (χ1n) is 5.90. The van der Waals surface area contributed by atoms with Gasteiger partial charge in [-0.15, -0.1) is 0 Å². The van der Waals surface area contributed by atoms with E-state index >= 15 is 0 Å². The molecule has 1 aromatic rings. The van der Waals surface area contributed by atoms with Crippen LogP contribution < -0.4 is 10.6 Å². The van der Waals surface area contributed by atoms with Gasteiger partial charge in [0, 0.05) is 25.0 Å². The molecule has 6 nitrogen and oxygen atoms in total. The molecular formula is C12H16N2O4S. The van der Waals surface area contributed by atoms with Crippen molar-refractivity contribution in [3.8, 4) is 0 Å². The minimum atomic E-state index is -3.22. The largest absolute Gasteiger partial charge is 0.366 e. The minimum absolute atomic E-state index is 0.223. The number of amides is 1. The van der Waals surface area contributed by atoms with Gasteiger partial charge in [0.05, 0.1) is 11.5 Å². The van der Waals surface area contributed by atoms with Crippen LogP contribution in [0.2, 0.25) is 0 Å². The monoisotopic (exact) mass is 284 g/mol. The molecular weight excluding hydrogens is 268 g/mol. The summed E-state index contributed by atoms with van der Waals surface area (Å²) in [6.45, 7) is 1.73. The summed E-state index contributed by atoms with van der Waals surface area (Å²) in [7, 11) is -3.22. The van der Waals surface area contributed by atoms with E-state index in [1.165, 1.54) is 12.1 Å². The molecule has 19 heavy (non-hydrogen) atoms. The van der Waals surface area contributed by atoms with Crippen LogP contribution in [0, 0.1) is 0 Å². The molecule has 1 aliphatic rings. The van der Waals surface area contributed by atoms with E-state index in [2.05, 4.69) is 10.6 Å². The minimum Gasteiger partial charge on any atom is -0.366 e. The molecule has 7 heteroatoms. The summed E-state index contributed by atoms with van der Waals surface area (Å²) in [5.41, 5.74) is 0.548. The van der Waals surface area contributed by atoms with Gasteiger partial charge in [0.15, 0.2) is 9.84 Å². The van der Waals surface area contributed by atoms with E-state index in [4.69, 9.17) is 4.74 Å². The fourth-order valence-corrected chi connectivity index (χ4v) is 2.37. The average Bonchev–Trinajstić information content (AvgIpc) is 2.39. The summed E-state index contributed by atoms with van der Waals surface area (Å²) in [6.07, 6.45) is 0.630. The van der Waals surface area contributed by atoms with Crippen LogP contribution in [0.3, 0.4) is 0 Å². The zero-order chi connectivity index (χ0) is 13.9. The Balaban J connectivity index is 2.01. The fraction of sp³-hybridized carbons (Fsp3) is 0.417. The highest BCUT2D eigenvalue weighted by Gasteiger charge is 2.21. The van der Waals surface area contributed by atoms with Crippen molar-refractivity contribution in [1.82, 2.24) is 5.32 Å². The lowest BCUT2D eigenvalue weighted by Crippen LogP contribution is -2.45. The van der Waals surface area contributed by atoms with E-state index in [-0.39, 0.29) is 10.8 Å². The third kappa shape index (κ3) is 3.76. The maximum Gasteiger partial charge on any atom is 0.254 e. The maximum absolute atomic E-state index is 11.9. The van der Waals surface area contributed by atoms with Gasteiger partial charge in [-0.3, -0.25) is 4.79 Å². The molecule has 0 radical (unpaired) electrons. The number of nitrogens with one attached hydrogen (secondary N) is 2. The Labute approximate surface area is 112 Å². The molecule has 0 saturated carbocycles. The van der Waals surface area contributed by atoms with Crippen LogP contribution in [-0.4, -0.2) is 46.4 Å². The highest BCUT2D eigenvalue weighted by atomic mass is 32.2. The number of carbonyl (C=O) groups excluding carboxylic acids is 1. The molecule has 1 heterocycles. The van der Waals surface area contributed by atoms with Gasteiger partial charge in [-0.25, -0.2) is 8.42 Å². The fourth-order valence-electron chi connectivity index (χ4n) is 1.74. The highest BCUT2D eigenvalue weighted by molar-refractivity contribution is 7.90. The first-order chi connectivity index (χ1) is 8.97. The zero-order valence-electron chi connectivity index (χ0n) is 10.5. The Hall–Kier alpha value is -1.44. The van der Waals surface area contributed by atoms with Crippen molar-refractivity contribution in [3.05, 3.63) is 24.3 Å². The van der Waals surface area contributed by atoms with E-state index in [1.54, 1.807) is 12.1 Å². The maximum atomic E-state index is 11.9. The van der Waals surface area contributed by atoms with Gasteiger partial charge in [-0.2, -0.15) is 0 Å². The summed E-state index contributed by atoms with van der Waals surface area (Å²) in [5, 5.41) is 5.76. The molecule has 1 atom stereocenters. The van der Waals surface area contributed by atoms with E-state index in [0.717, 1.165) is 12.8 Å². The average molecular weight is 284 g/mol. The van der Waals surface area contributed by atoms with Gasteiger partial charge < -0.3 is 15.4 Å². The van der Waals surface area contributed by atoms with Crippen molar-refractivity contribution in [2.45, 2.75) is 11.0 Å². The molecule has 2 N–H and O–H groups in total. The molecule has 0 aliphatic carbocycles. The Morgan fingerprint density at radius 3 is 2.58 bits per heavy atom. The predicted octanol–water partition coefficient (Wildman–Crippen LogP) is 0.0170. The number of carbonyl (C=O) groups is 1. The molecule has 1 unspecified atom stereocenters. The van der Waals surface area contributed by atoms with Crippen molar-refractivity contribution in [2.24, 2.45) is 0 Å². The van der Waals surface area contributed by atoms with Gasteiger partial charge in [0.25, 0.3) is 5.91 Å². The van der Waals surface area contributed by atoms with Crippen molar-refractivity contribution in [1.29, 1.82) is 0 Å². The van der Waals surface area contributed by atoms with Gasteiger partial charge in [-0.1, -0.05) is 0 Å². The van der Waals surface area contributed by atoms with Crippen LogP contribution in [0.1, 0.15) is 0 Å². The molecule has 2 rings (SSSR count). The summed E-state index contributed by atoms with van der Waals surface area (Å²) < 4.78 is 27.9. The molecule has 1 saturated heterocycles. The normalized spacial score (nSPS) is 19.9. The second-order valence-corrected chi connectivity index (χ2v) is 6.37. The molecule has 1 fully saturated rings. The Bertz CT molecular complexity index is 548. The van der Waals surface area contributed by atoms with E-state index < -0.39 is 15.9 Å². The van der Waals surface area contributed by atoms with Crippen LogP contribution in [0.15, 0.2) is 29.2 Å². The van der Waals surface area contributed by atoms with Gasteiger partial charge >= 0.3 is 0 Å². The summed E-state index contributed by atoms with van der Waals surface area (Å²) >= 11 is 0. The quantitative estimate of drug-likeness (QED) is 0.817. The molecule has 0 aromatic heterocycles. The first-order valence-corrected chi connectivity index (χ1v) is 7.79. The van der Waals surface area contributed by atoms with Crippen LogP contribution >= 0.6 is 0 Å². The number of rotatable bonds is 3.